The van der Waals surface area contributed by atoms with Crippen molar-refractivity contribution in [1.82, 2.24) is 19.4 Å². The van der Waals surface area contributed by atoms with Gasteiger partial charge >= 0.3 is 25.8 Å². The van der Waals surface area contributed by atoms with Crippen molar-refractivity contribution in [3.63, 3.8) is 0 Å². The molecule has 0 radical (unpaired) electrons. The number of ether oxygens (including phenoxy) is 2. The maximum atomic E-state index is 13.8. The van der Waals surface area contributed by atoms with Gasteiger partial charge in [0.05, 0.1) is 36.4 Å². The fraction of sp³-hybridized carbons (Fsp3) is 0.417. The third-order valence-electron chi connectivity index (χ3n) is 6.09. The summed E-state index contributed by atoms with van der Waals surface area (Å²) in [5.41, 5.74) is -4.61. The number of hydrogen-bond donors (Lipinski definition) is 3. The largest absolute Gasteiger partial charge is 0.454 e. The van der Waals surface area contributed by atoms with Gasteiger partial charge in [0, 0.05) is 6.54 Å². The van der Waals surface area contributed by atoms with Crippen molar-refractivity contribution in [3.8, 4) is 0 Å². The van der Waals surface area contributed by atoms with Crippen LogP contribution in [0.4, 0.5) is 30.7 Å². The summed E-state index contributed by atoms with van der Waals surface area (Å²) >= 11 is 0. The lowest BCUT2D eigenvalue weighted by atomic mass is 10.0. The molecule has 1 aliphatic rings. The number of rotatable bonds is 9. The summed E-state index contributed by atoms with van der Waals surface area (Å²) in [6.07, 6.45) is -9.52. The van der Waals surface area contributed by atoms with Gasteiger partial charge in [0.2, 0.25) is 0 Å². The summed E-state index contributed by atoms with van der Waals surface area (Å²) in [6, 6.07) is -0.0488. The molecular formula is C24H26F7N4O6P. The second kappa shape index (κ2) is 12.7. The molecule has 0 spiro atoms. The Labute approximate surface area is 233 Å². The first-order chi connectivity index (χ1) is 19.3. The molecule has 1 aliphatic heterocycles. The van der Waals surface area contributed by atoms with Gasteiger partial charge in [-0.05, 0) is 49.3 Å². The Morgan fingerprint density at radius 3 is 2.31 bits per heavy atom. The van der Waals surface area contributed by atoms with Crippen molar-refractivity contribution >= 4 is 7.75 Å². The molecule has 3 atom stereocenters. The molecule has 2 heterocycles. The molecule has 3 rings (SSSR count). The maximum Gasteiger partial charge on any atom is 0.454 e. The van der Waals surface area contributed by atoms with Gasteiger partial charge in [0.1, 0.15) is 11.7 Å². The molecular weight excluding hydrogens is 604 g/mol. The minimum absolute atomic E-state index is 0.0160. The van der Waals surface area contributed by atoms with Crippen LogP contribution < -0.4 is 5.69 Å². The van der Waals surface area contributed by atoms with Crippen LogP contribution in [0.15, 0.2) is 59.2 Å². The van der Waals surface area contributed by atoms with E-state index in [4.69, 9.17) is 9.47 Å². The topological polar surface area (TPSA) is 130 Å². The predicted molar refractivity (Wildman–Crippen MR) is 133 cm³/mol. The van der Waals surface area contributed by atoms with Crippen molar-refractivity contribution in [2.24, 2.45) is 0 Å². The summed E-state index contributed by atoms with van der Waals surface area (Å²) in [4.78, 5) is 34.3. The van der Waals surface area contributed by atoms with Crippen LogP contribution in [0.2, 0.25) is 0 Å². The van der Waals surface area contributed by atoms with Crippen LogP contribution in [0.25, 0.3) is 0 Å². The minimum atomic E-state index is -5.09. The Morgan fingerprint density at radius 1 is 1.21 bits per heavy atom. The van der Waals surface area contributed by atoms with Crippen LogP contribution in [0.3, 0.4) is 0 Å². The van der Waals surface area contributed by atoms with E-state index in [2.05, 4.69) is 16.7 Å². The summed E-state index contributed by atoms with van der Waals surface area (Å²) < 4.78 is 117. The number of halogens is 7. The normalized spacial score (nSPS) is 20.3. The van der Waals surface area contributed by atoms with Gasteiger partial charge in [-0.2, -0.15) is 26.3 Å². The molecule has 0 unspecified atom stereocenters. The van der Waals surface area contributed by atoms with Gasteiger partial charge < -0.3 is 19.3 Å². The van der Waals surface area contributed by atoms with E-state index in [0.717, 1.165) is 12.2 Å². The highest BCUT2D eigenvalue weighted by Gasteiger charge is 2.39. The molecule has 3 N–H and O–H groups in total. The summed E-state index contributed by atoms with van der Waals surface area (Å²) in [5, 5.41) is 3.59. The lowest BCUT2D eigenvalue weighted by molar-refractivity contribution is -0.220. The standard InChI is InChI=1S/C24H26F7N4O6P/c1-4-18(25)6-5-13(2)20-21(40-8-7-34(20)12-19-32-22(36)35(33-19)42(37,38)39)41-14(3)15-9-16(23(26,27)28)11-17(10-15)24(29,30)31/h4-6,9-11,14,20-21H,2,7-8,12H2,1,3H3,(H,32,33,36)(H2,37,38,39)/b6-5-,18-4+/t14-,20+,21-/m1/s1. The average Bonchev–Trinajstić information content (AvgIpc) is 3.26. The third-order valence-corrected chi connectivity index (χ3v) is 6.85. The second-order valence-electron chi connectivity index (χ2n) is 9.13. The molecule has 1 aromatic carbocycles. The van der Waals surface area contributed by atoms with E-state index in [0.29, 0.717) is 12.1 Å². The quantitative estimate of drug-likeness (QED) is 0.204. The van der Waals surface area contributed by atoms with Crippen molar-refractivity contribution < 1.29 is 54.6 Å². The van der Waals surface area contributed by atoms with E-state index >= 15 is 0 Å². The fourth-order valence-corrected chi connectivity index (χ4v) is 4.57. The monoisotopic (exact) mass is 630 g/mol. The van der Waals surface area contributed by atoms with Crippen LogP contribution in [0, 0.1) is 0 Å². The molecule has 1 saturated heterocycles. The summed E-state index contributed by atoms with van der Waals surface area (Å²) in [6.45, 7) is 6.19. The average molecular weight is 630 g/mol. The summed E-state index contributed by atoms with van der Waals surface area (Å²) in [7, 11) is -5.09. The maximum absolute atomic E-state index is 13.8. The molecule has 0 amide bonds. The lowest BCUT2D eigenvalue weighted by Gasteiger charge is -2.41. The Morgan fingerprint density at radius 2 is 1.81 bits per heavy atom. The highest BCUT2D eigenvalue weighted by Crippen LogP contribution is 2.39. The van der Waals surface area contributed by atoms with Crippen LogP contribution >= 0.6 is 7.75 Å². The number of benzene rings is 1. The van der Waals surface area contributed by atoms with E-state index in [1.807, 2.05) is 0 Å². The Bertz CT molecular complexity index is 1430. The molecule has 1 fully saturated rings. The highest BCUT2D eigenvalue weighted by molar-refractivity contribution is 7.49. The molecule has 0 aliphatic carbocycles. The first kappa shape index (κ1) is 33.4. The molecule has 42 heavy (non-hydrogen) atoms. The van der Waals surface area contributed by atoms with Crippen molar-refractivity contribution in [2.75, 3.05) is 13.2 Å². The van der Waals surface area contributed by atoms with Crippen molar-refractivity contribution in [2.45, 2.75) is 51.2 Å². The number of allylic oxidation sites excluding steroid dienone is 3. The summed E-state index contributed by atoms with van der Waals surface area (Å²) in [5.74, 6) is -0.857. The number of hydrogen-bond acceptors (Lipinski definition) is 6. The van der Waals surface area contributed by atoms with Crippen molar-refractivity contribution in [3.05, 3.63) is 87.4 Å². The SMILES string of the molecule is C=C(/C=C\C(F)=C/C)[C@H]1[C@@H](O[C@H](C)c2cc(C(F)(F)F)cc(C(F)(F)F)c2)OCCN1Cc1nn(P(=O)(O)O)c(=O)[nH]1. The van der Waals surface area contributed by atoms with E-state index in [1.165, 1.54) is 24.8 Å². The van der Waals surface area contributed by atoms with Gasteiger partial charge in [0.25, 0.3) is 0 Å². The molecule has 0 bridgehead atoms. The molecule has 232 valence electrons. The van der Waals surface area contributed by atoms with Gasteiger partial charge in [-0.3, -0.25) is 9.88 Å². The number of aromatic nitrogens is 3. The van der Waals surface area contributed by atoms with Gasteiger partial charge in [0.15, 0.2) is 6.29 Å². The smallest absolute Gasteiger partial charge is 0.349 e. The van der Waals surface area contributed by atoms with Crippen LogP contribution in [-0.4, -0.2) is 54.7 Å². The molecule has 1 aromatic heterocycles. The van der Waals surface area contributed by atoms with Gasteiger partial charge in [-0.25, -0.2) is 13.8 Å². The lowest BCUT2D eigenvalue weighted by Crippen LogP contribution is -2.52. The van der Waals surface area contributed by atoms with Gasteiger partial charge in [-0.15, -0.1) is 9.55 Å². The van der Waals surface area contributed by atoms with Crippen molar-refractivity contribution in [1.29, 1.82) is 0 Å². The van der Waals surface area contributed by atoms with E-state index in [1.54, 1.807) is 0 Å². The number of morpholine rings is 1. The molecule has 0 saturated carbocycles. The molecule has 10 nitrogen and oxygen atoms in total. The van der Waals surface area contributed by atoms with E-state index in [-0.39, 0.29) is 41.6 Å². The zero-order chi connectivity index (χ0) is 31.6. The first-order valence-electron chi connectivity index (χ1n) is 12.0. The van der Waals surface area contributed by atoms with E-state index < -0.39 is 66.7 Å². The first-order valence-corrected chi connectivity index (χ1v) is 13.6. The minimum Gasteiger partial charge on any atom is -0.349 e. The highest BCUT2D eigenvalue weighted by atomic mass is 31.2. The second-order valence-corrected chi connectivity index (χ2v) is 10.5. The molecule has 18 heteroatoms. The number of nitrogens with zero attached hydrogens (tertiary/aromatic N) is 3. The molecule has 2 aromatic rings. The number of alkyl halides is 6. The van der Waals surface area contributed by atoms with E-state index in [9.17, 15) is 49.9 Å². The van der Waals surface area contributed by atoms with Gasteiger partial charge in [-0.1, -0.05) is 18.7 Å². The number of aromatic amines is 1. The Hall–Kier alpha value is -3.08. The zero-order valence-corrected chi connectivity index (χ0v) is 22.9. The van der Waals surface area contributed by atoms with Crippen LogP contribution in [0.1, 0.15) is 42.5 Å². The van der Waals surface area contributed by atoms with Crippen LogP contribution in [-0.2, 0) is 32.9 Å². The number of H-pyrrole nitrogens is 1. The fourth-order valence-electron chi connectivity index (χ4n) is 4.06. The number of nitrogens with one attached hydrogen (secondary N) is 1. The third kappa shape index (κ3) is 8.26. The van der Waals surface area contributed by atoms with Crippen LogP contribution in [0.5, 0.6) is 0 Å². The Balaban J connectivity index is 1.98. The Kier molecular flexibility index (Phi) is 10.1. The predicted octanol–water partition coefficient (Wildman–Crippen LogP) is 4.84. The zero-order valence-electron chi connectivity index (χ0n) is 22.0.